The van der Waals surface area contributed by atoms with Crippen LogP contribution in [0.3, 0.4) is 0 Å². The molecule has 0 aromatic carbocycles. The van der Waals surface area contributed by atoms with Gasteiger partial charge in [0, 0.05) is 61.7 Å². The van der Waals surface area contributed by atoms with Gasteiger partial charge in [-0.15, -0.1) is 0 Å². The average molecular weight is 381 g/mol. The number of aryl methyl sites for hydroxylation is 1. The van der Waals surface area contributed by atoms with Gasteiger partial charge in [-0.3, -0.25) is 14.7 Å². The van der Waals surface area contributed by atoms with E-state index in [-0.39, 0.29) is 11.5 Å². The molecule has 148 valence electrons. The van der Waals surface area contributed by atoms with Crippen LogP contribution >= 0.6 is 0 Å². The molecule has 2 aromatic heterocycles. The van der Waals surface area contributed by atoms with Crippen molar-refractivity contribution in [2.24, 2.45) is 5.92 Å². The van der Waals surface area contributed by atoms with Gasteiger partial charge in [0.25, 0.3) is 11.5 Å². The number of amides is 1. The highest BCUT2D eigenvalue weighted by Crippen LogP contribution is 2.34. The molecular weight excluding hydrogens is 354 g/mol. The minimum atomic E-state index is -0.0616. The fraction of sp³-hybridized carbons (Fsp3) is 0.571. The summed E-state index contributed by atoms with van der Waals surface area (Å²) in [5.41, 5.74) is 4.11. The van der Waals surface area contributed by atoms with E-state index in [1.165, 1.54) is 12.1 Å². The Morgan fingerprint density at radius 1 is 1.21 bits per heavy atom. The van der Waals surface area contributed by atoms with Gasteiger partial charge in [-0.1, -0.05) is 6.07 Å². The minimum absolute atomic E-state index is 0.0616. The van der Waals surface area contributed by atoms with Crippen LogP contribution < -0.4 is 10.9 Å². The van der Waals surface area contributed by atoms with Gasteiger partial charge < -0.3 is 14.8 Å². The molecule has 28 heavy (non-hydrogen) atoms. The third-order valence-corrected chi connectivity index (χ3v) is 6.54. The number of hydrogen-bond donors (Lipinski definition) is 2. The summed E-state index contributed by atoms with van der Waals surface area (Å²) in [7, 11) is 0. The molecule has 0 spiro atoms. The highest BCUT2D eigenvalue weighted by Gasteiger charge is 2.34. The van der Waals surface area contributed by atoms with Gasteiger partial charge in [-0.05, 0) is 44.1 Å². The second-order valence-electron chi connectivity index (χ2n) is 8.45. The molecule has 0 unspecified atom stereocenters. The van der Waals surface area contributed by atoms with Crippen molar-refractivity contribution in [1.82, 2.24) is 25.0 Å². The number of hydrogen-bond acceptors (Lipinski definition) is 4. The van der Waals surface area contributed by atoms with Crippen molar-refractivity contribution in [3.8, 4) is 0 Å². The normalized spacial score (nSPS) is 23.7. The largest absolute Gasteiger partial charge is 0.349 e. The number of carbonyl (C=O) groups is 1. The van der Waals surface area contributed by atoms with E-state index in [2.05, 4.69) is 26.5 Å². The number of fused-ring (bicyclic) bond motifs is 5. The smallest absolute Gasteiger partial charge is 0.272 e. The van der Waals surface area contributed by atoms with Crippen molar-refractivity contribution in [2.75, 3.05) is 26.2 Å². The van der Waals surface area contributed by atoms with E-state index in [9.17, 15) is 9.59 Å². The van der Waals surface area contributed by atoms with Crippen molar-refractivity contribution in [2.45, 2.75) is 44.6 Å². The van der Waals surface area contributed by atoms with Crippen LogP contribution in [0.25, 0.3) is 0 Å². The first kappa shape index (κ1) is 17.7. The van der Waals surface area contributed by atoms with Crippen LogP contribution in [0.1, 0.15) is 52.6 Å². The maximum atomic E-state index is 12.6. The number of aromatic amines is 1. The summed E-state index contributed by atoms with van der Waals surface area (Å²) in [6, 6.07) is 5.62. The van der Waals surface area contributed by atoms with Crippen molar-refractivity contribution in [3.05, 3.63) is 51.2 Å². The molecule has 2 aliphatic heterocycles. The summed E-state index contributed by atoms with van der Waals surface area (Å²) in [5.74, 6) is 0.865. The molecule has 7 heteroatoms. The van der Waals surface area contributed by atoms with Gasteiger partial charge in [0.2, 0.25) is 0 Å². The van der Waals surface area contributed by atoms with Crippen molar-refractivity contribution in [3.63, 3.8) is 0 Å². The Morgan fingerprint density at radius 2 is 2.11 bits per heavy atom. The Balaban J connectivity index is 1.19. The molecule has 2 atom stereocenters. The molecule has 7 nitrogen and oxygen atoms in total. The van der Waals surface area contributed by atoms with E-state index in [0.29, 0.717) is 24.1 Å². The number of carbonyl (C=O) groups excluding carboxylic acids is 1. The molecule has 1 fully saturated rings. The molecule has 5 rings (SSSR count). The Kier molecular flexibility index (Phi) is 4.55. The number of likely N-dealkylation sites (tertiary alicyclic amines) is 1. The number of H-pyrrole nitrogens is 1. The summed E-state index contributed by atoms with van der Waals surface area (Å²) >= 11 is 0. The standard InChI is InChI=1S/C21H27N5O2/c27-19-7-3-6-18-15-10-14(12-26(18)19)11-25(13-15)9-8-22-21(28)20-16-4-1-2-5-17(16)23-24-20/h3,6-7,14-15H,1-2,4-5,8-13H2,(H,22,28)(H,23,24)/t14-,15+/m1/s1. The summed E-state index contributed by atoms with van der Waals surface area (Å²) in [4.78, 5) is 27.1. The fourth-order valence-electron chi connectivity index (χ4n) is 5.26. The number of rotatable bonds is 4. The van der Waals surface area contributed by atoms with Gasteiger partial charge >= 0.3 is 0 Å². The van der Waals surface area contributed by atoms with E-state index in [4.69, 9.17) is 0 Å². The first-order chi connectivity index (χ1) is 13.7. The maximum Gasteiger partial charge on any atom is 0.272 e. The summed E-state index contributed by atoms with van der Waals surface area (Å²) in [5, 5.41) is 10.4. The molecule has 2 N–H and O–H groups in total. The first-order valence-corrected chi connectivity index (χ1v) is 10.5. The molecular formula is C21H27N5O2. The second-order valence-corrected chi connectivity index (χ2v) is 8.45. The third-order valence-electron chi connectivity index (χ3n) is 6.54. The fourth-order valence-corrected chi connectivity index (χ4v) is 5.26. The van der Waals surface area contributed by atoms with Gasteiger partial charge in [0.1, 0.15) is 0 Å². The molecule has 0 saturated carbocycles. The Hall–Kier alpha value is -2.41. The topological polar surface area (TPSA) is 83.0 Å². The molecule has 1 amide bonds. The lowest BCUT2D eigenvalue weighted by Crippen LogP contribution is -2.48. The summed E-state index contributed by atoms with van der Waals surface area (Å²) in [6.07, 6.45) is 5.40. The first-order valence-electron chi connectivity index (χ1n) is 10.5. The quantitative estimate of drug-likeness (QED) is 0.836. The van der Waals surface area contributed by atoms with Crippen LogP contribution in [0.15, 0.2) is 23.0 Å². The number of nitrogens with one attached hydrogen (secondary N) is 2. The average Bonchev–Trinajstić information content (AvgIpc) is 3.13. The monoisotopic (exact) mass is 381 g/mol. The van der Waals surface area contributed by atoms with E-state index in [1.807, 2.05) is 10.6 Å². The molecule has 3 aliphatic rings. The van der Waals surface area contributed by atoms with Crippen molar-refractivity contribution >= 4 is 5.91 Å². The number of aromatic nitrogens is 3. The molecule has 4 heterocycles. The zero-order chi connectivity index (χ0) is 19.1. The molecule has 0 radical (unpaired) electrons. The van der Waals surface area contributed by atoms with Gasteiger partial charge in [0.05, 0.1) is 0 Å². The van der Waals surface area contributed by atoms with Crippen LogP contribution in [0.2, 0.25) is 0 Å². The second kappa shape index (κ2) is 7.20. The number of pyridine rings is 1. The lowest BCUT2D eigenvalue weighted by atomic mass is 9.83. The molecule has 1 aliphatic carbocycles. The summed E-state index contributed by atoms with van der Waals surface area (Å²) in [6.45, 7) is 4.22. The van der Waals surface area contributed by atoms with Gasteiger partial charge in [-0.2, -0.15) is 5.10 Å². The predicted molar refractivity (Wildman–Crippen MR) is 106 cm³/mol. The lowest BCUT2D eigenvalue weighted by Gasteiger charge is -2.42. The van der Waals surface area contributed by atoms with Gasteiger partial charge in [0.15, 0.2) is 5.69 Å². The van der Waals surface area contributed by atoms with Crippen molar-refractivity contribution < 1.29 is 4.79 Å². The van der Waals surface area contributed by atoms with Crippen LogP contribution in [0.5, 0.6) is 0 Å². The highest BCUT2D eigenvalue weighted by molar-refractivity contribution is 5.94. The van der Waals surface area contributed by atoms with Crippen LogP contribution in [-0.2, 0) is 19.4 Å². The Labute approximate surface area is 164 Å². The highest BCUT2D eigenvalue weighted by atomic mass is 16.2. The maximum absolute atomic E-state index is 12.6. The molecule has 1 saturated heterocycles. The predicted octanol–water partition coefficient (Wildman–Crippen LogP) is 1.30. The van der Waals surface area contributed by atoms with E-state index in [1.54, 1.807) is 6.07 Å². The van der Waals surface area contributed by atoms with E-state index < -0.39 is 0 Å². The molecule has 2 aromatic rings. The SMILES string of the molecule is O=C(NCCN1C[C@H]2C[C@@H](C1)c1cccc(=O)n1C2)c1n[nH]c2c1CCCC2. The Bertz CT molecular complexity index is 947. The number of piperidine rings is 1. The van der Waals surface area contributed by atoms with E-state index in [0.717, 1.165) is 63.1 Å². The number of nitrogens with zero attached hydrogens (tertiary/aromatic N) is 3. The van der Waals surface area contributed by atoms with Gasteiger partial charge in [-0.25, -0.2) is 0 Å². The van der Waals surface area contributed by atoms with Crippen LogP contribution in [-0.4, -0.2) is 51.8 Å². The van der Waals surface area contributed by atoms with Crippen molar-refractivity contribution in [1.29, 1.82) is 0 Å². The van der Waals surface area contributed by atoms with E-state index >= 15 is 0 Å². The van der Waals surface area contributed by atoms with Crippen LogP contribution in [0.4, 0.5) is 0 Å². The molecule has 2 bridgehead atoms. The zero-order valence-corrected chi connectivity index (χ0v) is 16.1. The van der Waals surface area contributed by atoms with Crippen LogP contribution in [0, 0.1) is 5.92 Å². The minimum Gasteiger partial charge on any atom is -0.349 e. The Morgan fingerprint density at radius 3 is 3.04 bits per heavy atom. The third kappa shape index (κ3) is 3.17. The summed E-state index contributed by atoms with van der Waals surface area (Å²) < 4.78 is 1.96. The zero-order valence-electron chi connectivity index (χ0n) is 16.1. The lowest BCUT2D eigenvalue weighted by molar-refractivity contribution is 0.0922.